The number of nitrogens with zero attached hydrogens (tertiary/aromatic N) is 5. The Morgan fingerprint density at radius 2 is 1.88 bits per heavy atom. The second-order valence-corrected chi connectivity index (χ2v) is 9.45. The summed E-state index contributed by atoms with van der Waals surface area (Å²) in [6, 6.07) is 5.21. The first-order chi connectivity index (χ1) is 16.6. The normalized spacial score (nSPS) is 19.2. The standard InChI is InChI=1S/C25H38FN7O/c1-4-33-14-8-11-20(33)16-27-23-29-24(28-19-12-13-22(34-3)21(26)15-19)31-25(30-23)32(2)17-18-9-6-5-7-10-18/h12-13,15,18,20H,4-11,14,16-17H2,1-3H3,(H2,27,28,29,30,31). The van der Waals surface area contributed by atoms with E-state index in [1.54, 1.807) is 12.1 Å². The van der Waals surface area contributed by atoms with Gasteiger partial charge in [-0.3, -0.25) is 4.90 Å². The number of likely N-dealkylation sites (tertiary alicyclic amines) is 1. The molecule has 2 N–H and O–H groups in total. The molecule has 1 aromatic carbocycles. The molecule has 0 amide bonds. The van der Waals surface area contributed by atoms with Gasteiger partial charge >= 0.3 is 0 Å². The summed E-state index contributed by atoms with van der Waals surface area (Å²) in [5.41, 5.74) is 0.560. The van der Waals surface area contributed by atoms with Crippen LogP contribution in [-0.4, -0.2) is 66.2 Å². The predicted molar refractivity (Wildman–Crippen MR) is 135 cm³/mol. The molecule has 1 aliphatic carbocycles. The van der Waals surface area contributed by atoms with Crippen LogP contribution in [0.25, 0.3) is 0 Å². The summed E-state index contributed by atoms with van der Waals surface area (Å²) in [6.45, 7) is 6.11. The SMILES string of the molecule is CCN1CCCC1CNc1nc(Nc2ccc(OC)c(F)c2)nc(N(C)CC2CCCCC2)n1. The van der Waals surface area contributed by atoms with Crippen molar-refractivity contribution >= 4 is 23.5 Å². The average molecular weight is 472 g/mol. The quantitative estimate of drug-likeness (QED) is 0.517. The fourth-order valence-corrected chi connectivity index (χ4v) is 5.13. The van der Waals surface area contributed by atoms with Gasteiger partial charge in [-0.2, -0.15) is 15.0 Å². The van der Waals surface area contributed by atoms with E-state index in [9.17, 15) is 4.39 Å². The maximum atomic E-state index is 14.2. The zero-order valence-corrected chi connectivity index (χ0v) is 20.7. The van der Waals surface area contributed by atoms with Crippen LogP contribution in [0.5, 0.6) is 5.75 Å². The Labute approximate surface area is 202 Å². The van der Waals surface area contributed by atoms with Gasteiger partial charge in [-0.15, -0.1) is 0 Å². The Bertz CT molecular complexity index is 937. The number of benzene rings is 1. The third-order valence-electron chi connectivity index (χ3n) is 7.03. The average Bonchev–Trinajstić information content (AvgIpc) is 3.31. The third kappa shape index (κ3) is 6.25. The molecule has 2 aromatic rings. The van der Waals surface area contributed by atoms with Crippen LogP contribution in [0.4, 0.5) is 27.9 Å². The number of nitrogens with one attached hydrogen (secondary N) is 2. The number of hydrogen-bond donors (Lipinski definition) is 2. The van der Waals surface area contributed by atoms with Gasteiger partial charge in [-0.1, -0.05) is 26.2 Å². The molecule has 1 saturated heterocycles. The van der Waals surface area contributed by atoms with E-state index in [-0.39, 0.29) is 5.75 Å². The maximum Gasteiger partial charge on any atom is 0.233 e. The van der Waals surface area contributed by atoms with Gasteiger partial charge in [0.1, 0.15) is 0 Å². The van der Waals surface area contributed by atoms with Crippen molar-refractivity contribution < 1.29 is 9.13 Å². The molecule has 0 radical (unpaired) electrons. The molecule has 1 atom stereocenters. The van der Waals surface area contributed by atoms with Crippen molar-refractivity contribution in [2.45, 2.75) is 57.9 Å². The first-order valence-electron chi connectivity index (χ1n) is 12.6. The van der Waals surface area contributed by atoms with Crippen LogP contribution in [0.3, 0.4) is 0 Å². The fraction of sp³-hybridized carbons (Fsp3) is 0.640. The lowest BCUT2D eigenvalue weighted by molar-refractivity contribution is 0.277. The van der Waals surface area contributed by atoms with E-state index >= 15 is 0 Å². The van der Waals surface area contributed by atoms with Crippen LogP contribution in [0, 0.1) is 11.7 Å². The lowest BCUT2D eigenvalue weighted by Gasteiger charge is -2.27. The van der Waals surface area contributed by atoms with Gasteiger partial charge in [0.05, 0.1) is 7.11 Å². The van der Waals surface area contributed by atoms with Crippen molar-refractivity contribution in [2.75, 3.05) is 55.9 Å². The summed E-state index contributed by atoms with van der Waals surface area (Å²) in [5, 5.41) is 6.59. The number of anilines is 4. The summed E-state index contributed by atoms with van der Waals surface area (Å²) in [6.07, 6.45) is 8.85. The number of rotatable bonds is 10. The fourth-order valence-electron chi connectivity index (χ4n) is 5.13. The number of likely N-dealkylation sites (N-methyl/N-ethyl adjacent to an activating group) is 1. The second-order valence-electron chi connectivity index (χ2n) is 9.45. The van der Waals surface area contributed by atoms with Crippen LogP contribution in [0.1, 0.15) is 51.9 Å². The minimum absolute atomic E-state index is 0.202. The molecule has 1 aromatic heterocycles. The van der Waals surface area contributed by atoms with Crippen molar-refractivity contribution in [1.29, 1.82) is 0 Å². The van der Waals surface area contributed by atoms with Crippen LogP contribution < -0.4 is 20.3 Å². The zero-order valence-electron chi connectivity index (χ0n) is 20.7. The molecule has 2 fully saturated rings. The van der Waals surface area contributed by atoms with E-state index in [0.29, 0.717) is 35.5 Å². The molecule has 8 nitrogen and oxygen atoms in total. The summed E-state index contributed by atoms with van der Waals surface area (Å²) in [4.78, 5) is 18.6. The summed E-state index contributed by atoms with van der Waals surface area (Å²) in [7, 11) is 3.49. The molecular weight excluding hydrogens is 433 g/mol. The molecule has 9 heteroatoms. The van der Waals surface area contributed by atoms with Crippen molar-refractivity contribution in [1.82, 2.24) is 19.9 Å². The van der Waals surface area contributed by atoms with Gasteiger partial charge in [-0.25, -0.2) is 4.39 Å². The van der Waals surface area contributed by atoms with Crippen LogP contribution in [0.15, 0.2) is 18.2 Å². The summed E-state index contributed by atoms with van der Waals surface area (Å²) < 4.78 is 19.2. The van der Waals surface area contributed by atoms with Gasteiger partial charge in [0.25, 0.3) is 0 Å². The number of halogens is 1. The van der Waals surface area contributed by atoms with E-state index in [2.05, 4.69) is 37.3 Å². The first kappa shape index (κ1) is 24.4. The van der Waals surface area contributed by atoms with Gasteiger partial charge < -0.3 is 20.3 Å². The molecule has 2 aliphatic rings. The molecule has 1 aliphatic heterocycles. The van der Waals surface area contributed by atoms with Gasteiger partial charge in [0.2, 0.25) is 17.8 Å². The molecule has 4 rings (SSSR count). The van der Waals surface area contributed by atoms with Crippen molar-refractivity contribution in [2.24, 2.45) is 5.92 Å². The summed E-state index contributed by atoms with van der Waals surface area (Å²) >= 11 is 0. The lowest BCUT2D eigenvalue weighted by Crippen LogP contribution is -2.35. The highest BCUT2D eigenvalue weighted by Crippen LogP contribution is 2.27. The maximum absolute atomic E-state index is 14.2. The van der Waals surface area contributed by atoms with Crippen LogP contribution in [0.2, 0.25) is 0 Å². The number of methoxy groups -OCH3 is 1. The molecule has 1 unspecified atom stereocenters. The molecule has 0 bridgehead atoms. The Kier molecular flexibility index (Phi) is 8.37. The van der Waals surface area contributed by atoms with E-state index in [1.165, 1.54) is 58.1 Å². The Hall–Kier alpha value is -2.68. The minimum Gasteiger partial charge on any atom is -0.494 e. The van der Waals surface area contributed by atoms with E-state index in [0.717, 1.165) is 26.2 Å². The third-order valence-corrected chi connectivity index (χ3v) is 7.03. The molecule has 1 saturated carbocycles. The van der Waals surface area contributed by atoms with E-state index in [4.69, 9.17) is 9.72 Å². The molecule has 0 spiro atoms. The van der Waals surface area contributed by atoms with Crippen molar-refractivity contribution in [3.63, 3.8) is 0 Å². The zero-order chi connectivity index (χ0) is 23.9. The van der Waals surface area contributed by atoms with E-state index in [1.807, 2.05) is 7.05 Å². The summed E-state index contributed by atoms with van der Waals surface area (Å²) in [5.74, 6) is 1.99. The highest BCUT2D eigenvalue weighted by molar-refractivity contribution is 5.57. The molecule has 2 heterocycles. The van der Waals surface area contributed by atoms with Crippen LogP contribution >= 0.6 is 0 Å². The monoisotopic (exact) mass is 471 g/mol. The Morgan fingerprint density at radius 3 is 2.62 bits per heavy atom. The van der Waals surface area contributed by atoms with Crippen molar-refractivity contribution in [3.05, 3.63) is 24.0 Å². The van der Waals surface area contributed by atoms with Crippen LogP contribution in [-0.2, 0) is 0 Å². The Balaban J connectivity index is 1.52. The van der Waals surface area contributed by atoms with Crippen molar-refractivity contribution in [3.8, 4) is 5.75 Å². The number of ether oxygens (including phenoxy) is 1. The molecule has 186 valence electrons. The number of hydrogen-bond acceptors (Lipinski definition) is 8. The smallest absolute Gasteiger partial charge is 0.233 e. The molecular formula is C25H38FN7O. The first-order valence-corrected chi connectivity index (χ1v) is 12.6. The van der Waals surface area contributed by atoms with Gasteiger partial charge in [-0.05, 0) is 56.8 Å². The highest BCUT2D eigenvalue weighted by atomic mass is 19.1. The minimum atomic E-state index is -0.435. The highest BCUT2D eigenvalue weighted by Gasteiger charge is 2.23. The molecule has 34 heavy (non-hydrogen) atoms. The lowest BCUT2D eigenvalue weighted by atomic mass is 9.89. The predicted octanol–water partition coefficient (Wildman–Crippen LogP) is 4.68. The van der Waals surface area contributed by atoms with Gasteiger partial charge in [0, 0.05) is 37.9 Å². The Morgan fingerprint density at radius 1 is 1.09 bits per heavy atom. The second kappa shape index (κ2) is 11.6. The topological polar surface area (TPSA) is 78.4 Å². The van der Waals surface area contributed by atoms with Gasteiger partial charge in [0.15, 0.2) is 11.6 Å². The number of aromatic nitrogens is 3. The largest absolute Gasteiger partial charge is 0.494 e. The van der Waals surface area contributed by atoms with E-state index < -0.39 is 5.82 Å².